The van der Waals surface area contributed by atoms with Crippen molar-refractivity contribution in [1.82, 2.24) is 15.3 Å². The summed E-state index contributed by atoms with van der Waals surface area (Å²) in [6.07, 6.45) is 1.16. The highest BCUT2D eigenvalue weighted by atomic mass is 35.5. The van der Waals surface area contributed by atoms with E-state index in [-0.39, 0.29) is 5.91 Å². The van der Waals surface area contributed by atoms with Gasteiger partial charge in [0, 0.05) is 30.0 Å². The van der Waals surface area contributed by atoms with Crippen molar-refractivity contribution in [3.63, 3.8) is 0 Å². The Hall–Kier alpha value is -1.98. The monoisotopic (exact) mass is 359 g/mol. The van der Waals surface area contributed by atoms with Gasteiger partial charge >= 0.3 is 0 Å². The lowest BCUT2D eigenvalue weighted by atomic mass is 10.3. The number of benzene rings is 2. The first-order chi connectivity index (χ1) is 11.7. The van der Waals surface area contributed by atoms with E-state index < -0.39 is 0 Å². The van der Waals surface area contributed by atoms with Gasteiger partial charge < -0.3 is 10.3 Å². The van der Waals surface area contributed by atoms with Crippen LogP contribution in [-0.2, 0) is 11.2 Å². The summed E-state index contributed by atoms with van der Waals surface area (Å²) in [5.74, 6) is 1.65. The minimum absolute atomic E-state index is 0.0469. The van der Waals surface area contributed by atoms with Gasteiger partial charge in [-0.1, -0.05) is 35.9 Å². The second-order valence-corrected chi connectivity index (χ2v) is 6.87. The van der Waals surface area contributed by atoms with Gasteiger partial charge in [-0.05, 0) is 24.3 Å². The Morgan fingerprint density at radius 1 is 1.17 bits per heavy atom. The fraction of sp³-hybridized carbons (Fsp3) is 0.222. The van der Waals surface area contributed by atoms with E-state index in [9.17, 15) is 4.79 Å². The van der Waals surface area contributed by atoms with E-state index >= 15 is 0 Å². The number of hydrogen-bond donors (Lipinski definition) is 2. The van der Waals surface area contributed by atoms with Crippen LogP contribution in [0.2, 0.25) is 5.02 Å². The topological polar surface area (TPSA) is 57.8 Å². The molecule has 0 spiro atoms. The molecule has 1 amide bonds. The van der Waals surface area contributed by atoms with Gasteiger partial charge in [0.25, 0.3) is 0 Å². The second kappa shape index (κ2) is 8.22. The first kappa shape index (κ1) is 16.9. The number of aromatic nitrogens is 2. The fourth-order valence-electron chi connectivity index (χ4n) is 2.35. The zero-order valence-corrected chi connectivity index (χ0v) is 14.7. The molecule has 6 heteroatoms. The summed E-state index contributed by atoms with van der Waals surface area (Å²) in [5, 5.41) is 3.66. The summed E-state index contributed by atoms with van der Waals surface area (Å²) in [4.78, 5) is 20.7. The molecule has 0 unspecified atom stereocenters. The highest BCUT2D eigenvalue weighted by Gasteiger charge is 2.05. The number of imidazole rings is 1. The number of amides is 1. The van der Waals surface area contributed by atoms with Crippen LogP contribution in [0, 0.1) is 0 Å². The summed E-state index contributed by atoms with van der Waals surface area (Å²) in [6, 6.07) is 15.6. The van der Waals surface area contributed by atoms with E-state index in [1.54, 1.807) is 11.8 Å². The number of nitrogens with zero attached hydrogens (tertiary/aromatic N) is 1. The number of para-hydroxylation sites is 2. The average molecular weight is 360 g/mol. The molecule has 124 valence electrons. The van der Waals surface area contributed by atoms with Crippen molar-refractivity contribution in [2.75, 3.05) is 12.3 Å². The SMILES string of the molecule is O=C(CCSc1ccccc1Cl)NCCc1nc2ccccc2[nH]1. The molecular weight excluding hydrogens is 342 g/mol. The molecule has 0 fully saturated rings. The minimum Gasteiger partial charge on any atom is -0.356 e. The van der Waals surface area contributed by atoms with Crippen LogP contribution in [0.3, 0.4) is 0 Å². The first-order valence-corrected chi connectivity index (χ1v) is 9.16. The molecule has 1 aromatic heterocycles. The lowest BCUT2D eigenvalue weighted by molar-refractivity contribution is -0.120. The molecule has 24 heavy (non-hydrogen) atoms. The summed E-state index contributed by atoms with van der Waals surface area (Å²) in [5.41, 5.74) is 1.98. The zero-order chi connectivity index (χ0) is 16.8. The summed E-state index contributed by atoms with van der Waals surface area (Å²) in [7, 11) is 0. The minimum atomic E-state index is 0.0469. The Kier molecular flexibility index (Phi) is 5.77. The van der Waals surface area contributed by atoms with E-state index in [0.29, 0.717) is 25.1 Å². The lowest BCUT2D eigenvalue weighted by Crippen LogP contribution is -2.26. The predicted octanol–water partition coefficient (Wildman–Crippen LogP) is 4.06. The molecule has 1 heterocycles. The standard InChI is InChI=1S/C18H18ClN3OS/c19-13-5-1-4-8-16(13)24-12-10-18(23)20-11-9-17-21-14-6-2-3-7-15(14)22-17/h1-8H,9-12H2,(H,20,23)(H,21,22). The maximum Gasteiger partial charge on any atom is 0.220 e. The van der Waals surface area contributed by atoms with Crippen LogP contribution >= 0.6 is 23.4 Å². The van der Waals surface area contributed by atoms with Crippen molar-refractivity contribution in [2.24, 2.45) is 0 Å². The molecule has 0 bridgehead atoms. The van der Waals surface area contributed by atoms with E-state index in [1.165, 1.54) is 0 Å². The van der Waals surface area contributed by atoms with E-state index in [0.717, 1.165) is 26.8 Å². The number of fused-ring (bicyclic) bond motifs is 1. The summed E-state index contributed by atoms with van der Waals surface area (Å²) in [6.45, 7) is 0.579. The second-order valence-electron chi connectivity index (χ2n) is 5.33. The Morgan fingerprint density at radius 2 is 1.96 bits per heavy atom. The van der Waals surface area contributed by atoms with E-state index in [4.69, 9.17) is 11.6 Å². The molecule has 0 aliphatic rings. The molecule has 4 nitrogen and oxygen atoms in total. The Balaban J connectivity index is 1.39. The van der Waals surface area contributed by atoms with Gasteiger partial charge in [0.05, 0.1) is 16.1 Å². The van der Waals surface area contributed by atoms with Crippen molar-refractivity contribution >= 4 is 40.3 Å². The van der Waals surface area contributed by atoms with Gasteiger partial charge in [-0.15, -0.1) is 11.8 Å². The van der Waals surface area contributed by atoms with E-state index in [1.807, 2.05) is 48.5 Å². The smallest absolute Gasteiger partial charge is 0.220 e. The lowest BCUT2D eigenvalue weighted by Gasteiger charge is -2.05. The molecule has 2 aromatic carbocycles. The molecule has 2 N–H and O–H groups in total. The number of H-pyrrole nitrogens is 1. The van der Waals surface area contributed by atoms with Gasteiger partial charge in [0.1, 0.15) is 5.82 Å². The van der Waals surface area contributed by atoms with Crippen molar-refractivity contribution in [2.45, 2.75) is 17.7 Å². The molecular formula is C18H18ClN3OS. The number of aromatic amines is 1. The van der Waals surface area contributed by atoms with Crippen LogP contribution in [-0.4, -0.2) is 28.2 Å². The molecule has 0 radical (unpaired) electrons. The molecule has 0 atom stereocenters. The van der Waals surface area contributed by atoms with Crippen LogP contribution in [0.1, 0.15) is 12.2 Å². The number of carbonyl (C=O) groups is 1. The van der Waals surface area contributed by atoms with Crippen molar-refractivity contribution in [3.05, 3.63) is 59.4 Å². The van der Waals surface area contributed by atoms with Crippen LogP contribution in [0.25, 0.3) is 11.0 Å². The van der Waals surface area contributed by atoms with Crippen molar-refractivity contribution in [1.29, 1.82) is 0 Å². The quantitative estimate of drug-likeness (QED) is 0.625. The van der Waals surface area contributed by atoms with Gasteiger partial charge in [-0.25, -0.2) is 4.98 Å². The van der Waals surface area contributed by atoms with Gasteiger partial charge in [0.15, 0.2) is 0 Å². The normalized spacial score (nSPS) is 10.9. The average Bonchev–Trinajstić information content (AvgIpc) is 2.99. The number of thioether (sulfide) groups is 1. The molecule has 0 aliphatic carbocycles. The number of halogens is 1. The number of carbonyl (C=O) groups excluding carboxylic acids is 1. The van der Waals surface area contributed by atoms with Crippen LogP contribution < -0.4 is 5.32 Å². The van der Waals surface area contributed by atoms with Gasteiger partial charge in [0.2, 0.25) is 5.91 Å². The number of rotatable bonds is 7. The molecule has 3 rings (SSSR count). The first-order valence-electron chi connectivity index (χ1n) is 7.80. The van der Waals surface area contributed by atoms with Crippen molar-refractivity contribution in [3.8, 4) is 0 Å². The largest absolute Gasteiger partial charge is 0.356 e. The van der Waals surface area contributed by atoms with E-state index in [2.05, 4.69) is 15.3 Å². The van der Waals surface area contributed by atoms with Gasteiger partial charge in [-0.3, -0.25) is 4.79 Å². The number of nitrogens with one attached hydrogen (secondary N) is 2. The fourth-order valence-corrected chi connectivity index (χ4v) is 3.54. The van der Waals surface area contributed by atoms with Crippen LogP contribution in [0.15, 0.2) is 53.4 Å². The highest BCUT2D eigenvalue weighted by molar-refractivity contribution is 7.99. The Bertz CT molecular complexity index is 801. The maximum atomic E-state index is 11.9. The third kappa shape index (κ3) is 4.52. The van der Waals surface area contributed by atoms with Gasteiger partial charge in [-0.2, -0.15) is 0 Å². The number of hydrogen-bond acceptors (Lipinski definition) is 3. The van der Waals surface area contributed by atoms with Crippen LogP contribution in [0.4, 0.5) is 0 Å². The molecule has 3 aromatic rings. The van der Waals surface area contributed by atoms with Crippen LogP contribution in [0.5, 0.6) is 0 Å². The Labute approximate surface area is 150 Å². The summed E-state index contributed by atoms with van der Waals surface area (Å²) < 4.78 is 0. The van der Waals surface area contributed by atoms with Crippen molar-refractivity contribution < 1.29 is 4.79 Å². The predicted molar refractivity (Wildman–Crippen MR) is 99.6 cm³/mol. The Morgan fingerprint density at radius 3 is 2.79 bits per heavy atom. The highest BCUT2D eigenvalue weighted by Crippen LogP contribution is 2.26. The molecule has 0 aliphatic heterocycles. The molecule has 0 saturated heterocycles. The summed E-state index contributed by atoms with van der Waals surface area (Å²) >= 11 is 7.69. The maximum absolute atomic E-state index is 11.9. The molecule has 0 saturated carbocycles. The third-order valence-corrected chi connectivity index (χ3v) is 5.06. The third-order valence-electron chi connectivity index (χ3n) is 3.55. The zero-order valence-electron chi connectivity index (χ0n) is 13.1.